The molecule has 0 bridgehead atoms. The molecule has 1 aliphatic heterocycles. The van der Waals surface area contributed by atoms with Gasteiger partial charge in [0.15, 0.2) is 5.96 Å². The van der Waals surface area contributed by atoms with Gasteiger partial charge in [-0.15, -0.1) is 24.0 Å². The van der Waals surface area contributed by atoms with Crippen molar-refractivity contribution in [2.45, 2.75) is 52.0 Å². The van der Waals surface area contributed by atoms with Gasteiger partial charge in [-0.3, -0.25) is 0 Å². The minimum Gasteiger partial charge on any atom is -0.467 e. The lowest BCUT2D eigenvalue weighted by Crippen LogP contribution is -2.38. The lowest BCUT2D eigenvalue weighted by molar-refractivity contribution is -0.0390. The zero-order valence-electron chi connectivity index (χ0n) is 18.9. The van der Waals surface area contributed by atoms with Gasteiger partial charge in [-0.25, -0.2) is 4.99 Å². The van der Waals surface area contributed by atoms with Crippen LogP contribution in [0, 0.1) is 0 Å². The molecule has 0 atom stereocenters. The quantitative estimate of drug-likeness (QED) is 0.176. The highest BCUT2D eigenvalue weighted by molar-refractivity contribution is 14.0. The summed E-state index contributed by atoms with van der Waals surface area (Å²) in [6.07, 6.45) is 4.83. The second-order valence-electron chi connectivity index (χ2n) is 7.55. The number of rotatable bonds is 12. The maximum absolute atomic E-state index is 6.04. The van der Waals surface area contributed by atoms with Crippen LogP contribution in [0.15, 0.2) is 52.1 Å². The van der Waals surface area contributed by atoms with E-state index < -0.39 is 0 Å². The summed E-state index contributed by atoms with van der Waals surface area (Å²) in [6, 6.07) is 12.2. The van der Waals surface area contributed by atoms with Gasteiger partial charge in [0.05, 0.1) is 25.5 Å². The Morgan fingerprint density at radius 3 is 2.72 bits per heavy atom. The van der Waals surface area contributed by atoms with E-state index in [1.807, 2.05) is 12.1 Å². The van der Waals surface area contributed by atoms with Gasteiger partial charge in [0.2, 0.25) is 0 Å². The molecule has 0 radical (unpaired) electrons. The average Bonchev–Trinajstić information content (AvgIpc) is 3.33. The highest BCUT2D eigenvalue weighted by Crippen LogP contribution is 2.14. The topological polar surface area (TPSA) is 77.3 Å². The minimum absolute atomic E-state index is 0. The summed E-state index contributed by atoms with van der Waals surface area (Å²) in [6.45, 7) is 7.72. The molecule has 8 heteroatoms. The van der Waals surface area contributed by atoms with E-state index in [4.69, 9.17) is 23.6 Å². The van der Waals surface area contributed by atoms with Crippen molar-refractivity contribution in [3.63, 3.8) is 0 Å². The number of nitrogens with one attached hydrogen (secondary N) is 2. The number of nitrogens with zero attached hydrogens (tertiary/aromatic N) is 1. The van der Waals surface area contributed by atoms with Crippen molar-refractivity contribution in [2.24, 2.45) is 4.99 Å². The summed E-state index contributed by atoms with van der Waals surface area (Å²) >= 11 is 0. The molecule has 2 aromatic rings. The van der Waals surface area contributed by atoms with Crippen molar-refractivity contribution >= 4 is 29.9 Å². The molecule has 178 valence electrons. The number of hydrogen-bond acceptors (Lipinski definition) is 5. The first-order valence-electron chi connectivity index (χ1n) is 11.2. The standard InChI is InChI=1S/C24H35N3O4.HI/c1-2-25-24(26-11-5-12-29-19-23-8-4-13-30-23)27-17-20-6-3-7-21(16-20)18-31-22-9-14-28-15-10-22;/h3-4,6-8,13,16,22H,2,5,9-12,14-15,17-19H2,1H3,(H2,25,26,27);1H. The lowest BCUT2D eigenvalue weighted by atomic mass is 10.1. The molecule has 2 N–H and O–H groups in total. The van der Waals surface area contributed by atoms with Crippen LogP contribution in [0.5, 0.6) is 0 Å². The smallest absolute Gasteiger partial charge is 0.191 e. The van der Waals surface area contributed by atoms with Crippen LogP contribution in [-0.4, -0.2) is 45.0 Å². The summed E-state index contributed by atoms with van der Waals surface area (Å²) in [5, 5.41) is 6.66. The van der Waals surface area contributed by atoms with E-state index >= 15 is 0 Å². The molecule has 1 aliphatic rings. The van der Waals surface area contributed by atoms with E-state index in [2.05, 4.69) is 41.8 Å². The van der Waals surface area contributed by atoms with Gasteiger partial charge in [0.1, 0.15) is 12.4 Å². The Hall–Kier alpha value is -1.62. The summed E-state index contributed by atoms with van der Waals surface area (Å²) in [5.74, 6) is 1.67. The molecule has 0 amide bonds. The van der Waals surface area contributed by atoms with E-state index in [1.165, 1.54) is 11.1 Å². The molecular formula is C24H36IN3O4. The zero-order chi connectivity index (χ0) is 21.6. The SMILES string of the molecule is CCNC(=NCc1cccc(COC2CCOCC2)c1)NCCCOCc1ccco1.I. The third kappa shape index (κ3) is 10.3. The van der Waals surface area contributed by atoms with Gasteiger partial charge in [-0.2, -0.15) is 0 Å². The van der Waals surface area contributed by atoms with Crippen LogP contribution < -0.4 is 10.6 Å². The predicted molar refractivity (Wildman–Crippen MR) is 136 cm³/mol. The van der Waals surface area contributed by atoms with Crippen LogP contribution in [0.3, 0.4) is 0 Å². The van der Waals surface area contributed by atoms with Crippen molar-refractivity contribution < 1.29 is 18.6 Å². The van der Waals surface area contributed by atoms with Crippen LogP contribution in [0.25, 0.3) is 0 Å². The van der Waals surface area contributed by atoms with Gasteiger partial charge in [0.25, 0.3) is 0 Å². The molecule has 0 spiro atoms. The molecule has 3 rings (SSSR count). The van der Waals surface area contributed by atoms with Gasteiger partial charge >= 0.3 is 0 Å². The number of furan rings is 1. The lowest BCUT2D eigenvalue weighted by Gasteiger charge is -2.22. The summed E-state index contributed by atoms with van der Waals surface area (Å²) in [7, 11) is 0. The maximum Gasteiger partial charge on any atom is 0.191 e. The van der Waals surface area contributed by atoms with Crippen molar-refractivity contribution in [1.29, 1.82) is 0 Å². The molecule has 1 aromatic carbocycles. The first-order chi connectivity index (χ1) is 15.3. The fourth-order valence-electron chi connectivity index (χ4n) is 3.34. The summed E-state index contributed by atoms with van der Waals surface area (Å²) in [4.78, 5) is 4.71. The second-order valence-corrected chi connectivity index (χ2v) is 7.55. The highest BCUT2D eigenvalue weighted by atomic mass is 127. The van der Waals surface area contributed by atoms with E-state index in [0.717, 1.165) is 57.3 Å². The molecule has 1 saturated heterocycles. The van der Waals surface area contributed by atoms with E-state index in [1.54, 1.807) is 6.26 Å². The summed E-state index contributed by atoms with van der Waals surface area (Å²) < 4.78 is 22.3. The molecule has 1 aromatic heterocycles. The molecule has 0 saturated carbocycles. The van der Waals surface area contributed by atoms with Gasteiger partial charge in [-0.1, -0.05) is 24.3 Å². The number of ether oxygens (including phenoxy) is 3. The Morgan fingerprint density at radius 2 is 1.94 bits per heavy atom. The fourth-order valence-corrected chi connectivity index (χ4v) is 3.34. The number of aliphatic imine (C=N–C) groups is 1. The minimum atomic E-state index is 0. The number of hydrogen-bond donors (Lipinski definition) is 2. The third-order valence-corrected chi connectivity index (χ3v) is 4.99. The number of halogens is 1. The van der Waals surface area contributed by atoms with E-state index in [0.29, 0.717) is 32.5 Å². The first kappa shape index (κ1) is 26.6. The Labute approximate surface area is 208 Å². The van der Waals surface area contributed by atoms with Crippen LogP contribution in [0.2, 0.25) is 0 Å². The summed E-state index contributed by atoms with van der Waals surface area (Å²) in [5.41, 5.74) is 2.36. The zero-order valence-corrected chi connectivity index (χ0v) is 21.2. The van der Waals surface area contributed by atoms with Crippen LogP contribution in [0.4, 0.5) is 0 Å². The molecule has 0 aliphatic carbocycles. The van der Waals surface area contributed by atoms with Gasteiger partial charge < -0.3 is 29.3 Å². The Balaban J connectivity index is 0.00000363. The molecular weight excluding hydrogens is 521 g/mol. The van der Waals surface area contributed by atoms with Crippen molar-refractivity contribution in [2.75, 3.05) is 32.9 Å². The predicted octanol–water partition coefficient (Wildman–Crippen LogP) is 4.26. The normalized spacial score (nSPS) is 14.7. The maximum atomic E-state index is 6.04. The first-order valence-corrected chi connectivity index (χ1v) is 11.2. The van der Waals surface area contributed by atoms with Crippen LogP contribution >= 0.6 is 24.0 Å². The van der Waals surface area contributed by atoms with Gasteiger partial charge in [-0.05, 0) is 49.4 Å². The molecule has 2 heterocycles. The van der Waals surface area contributed by atoms with Crippen molar-refractivity contribution in [1.82, 2.24) is 10.6 Å². The fraction of sp³-hybridized carbons (Fsp3) is 0.542. The number of benzene rings is 1. The Kier molecular flexibility index (Phi) is 13.4. The highest BCUT2D eigenvalue weighted by Gasteiger charge is 2.14. The largest absolute Gasteiger partial charge is 0.467 e. The monoisotopic (exact) mass is 557 g/mol. The molecule has 0 unspecified atom stereocenters. The molecule has 7 nitrogen and oxygen atoms in total. The van der Waals surface area contributed by atoms with Crippen molar-refractivity contribution in [3.8, 4) is 0 Å². The second kappa shape index (κ2) is 16.1. The molecule has 1 fully saturated rings. The molecule has 32 heavy (non-hydrogen) atoms. The Morgan fingerprint density at radius 1 is 1.09 bits per heavy atom. The van der Waals surface area contributed by atoms with E-state index in [-0.39, 0.29) is 24.0 Å². The van der Waals surface area contributed by atoms with Crippen molar-refractivity contribution in [3.05, 3.63) is 59.5 Å². The van der Waals surface area contributed by atoms with Crippen LogP contribution in [-0.2, 0) is 34.0 Å². The number of guanidine groups is 1. The van der Waals surface area contributed by atoms with Gasteiger partial charge in [0, 0.05) is 32.9 Å². The average molecular weight is 557 g/mol. The van der Waals surface area contributed by atoms with E-state index in [9.17, 15) is 0 Å². The van der Waals surface area contributed by atoms with Crippen LogP contribution in [0.1, 0.15) is 43.1 Å². The Bertz CT molecular complexity index is 764. The third-order valence-electron chi connectivity index (χ3n) is 4.99.